The first-order valence-electron chi connectivity index (χ1n) is 6.03. The summed E-state index contributed by atoms with van der Waals surface area (Å²) >= 11 is 1.53. The van der Waals surface area contributed by atoms with Gasteiger partial charge in [-0.25, -0.2) is 4.98 Å². The van der Waals surface area contributed by atoms with E-state index in [1.54, 1.807) is 17.9 Å². The van der Waals surface area contributed by atoms with Gasteiger partial charge in [0, 0.05) is 24.5 Å². The number of carboxylic acids is 1. The molecule has 1 aliphatic heterocycles. The lowest BCUT2D eigenvalue weighted by Crippen LogP contribution is -2.34. The van der Waals surface area contributed by atoms with Gasteiger partial charge in [0.15, 0.2) is 0 Å². The van der Waals surface area contributed by atoms with E-state index < -0.39 is 11.4 Å². The highest BCUT2D eigenvalue weighted by molar-refractivity contribution is 7.09. The molecule has 0 saturated carbocycles. The van der Waals surface area contributed by atoms with Crippen molar-refractivity contribution in [3.8, 4) is 0 Å². The van der Waals surface area contributed by atoms with Crippen molar-refractivity contribution in [2.45, 2.75) is 20.3 Å². The van der Waals surface area contributed by atoms with E-state index in [2.05, 4.69) is 4.98 Å². The number of rotatable bonds is 3. The zero-order valence-corrected chi connectivity index (χ0v) is 11.7. The summed E-state index contributed by atoms with van der Waals surface area (Å²) in [6.07, 6.45) is 3.63. The van der Waals surface area contributed by atoms with Gasteiger partial charge in [-0.1, -0.05) is 0 Å². The molecule has 0 aromatic carbocycles. The van der Waals surface area contributed by atoms with E-state index in [1.807, 2.05) is 12.3 Å². The number of amides is 1. The lowest BCUT2D eigenvalue weighted by atomic mass is 9.90. The number of aromatic nitrogens is 1. The van der Waals surface area contributed by atoms with Crippen LogP contribution < -0.4 is 0 Å². The number of hydrogen-bond donors (Lipinski definition) is 1. The quantitative estimate of drug-likeness (QED) is 0.857. The van der Waals surface area contributed by atoms with Gasteiger partial charge in [-0.05, 0) is 26.3 Å². The third-order valence-corrected chi connectivity index (χ3v) is 4.13. The molecule has 2 rings (SSSR count). The number of thiazole rings is 1. The third kappa shape index (κ3) is 3.01. The molecule has 1 atom stereocenters. The van der Waals surface area contributed by atoms with E-state index in [9.17, 15) is 9.59 Å². The fourth-order valence-corrected chi connectivity index (χ4v) is 2.62. The van der Waals surface area contributed by atoms with Crippen LogP contribution >= 0.6 is 11.3 Å². The van der Waals surface area contributed by atoms with Crippen LogP contribution in [0.2, 0.25) is 0 Å². The molecular formula is C13H16N2O3S. The maximum atomic E-state index is 12.0. The van der Waals surface area contributed by atoms with Gasteiger partial charge < -0.3 is 10.0 Å². The summed E-state index contributed by atoms with van der Waals surface area (Å²) in [5.41, 5.74) is -0.0585. The van der Waals surface area contributed by atoms with Crippen LogP contribution in [0.15, 0.2) is 11.5 Å². The predicted molar refractivity (Wildman–Crippen MR) is 72.8 cm³/mol. The highest BCUT2D eigenvalue weighted by Gasteiger charge is 2.41. The number of aliphatic carboxylic acids is 1. The second-order valence-electron chi connectivity index (χ2n) is 5.00. The zero-order chi connectivity index (χ0) is 14.0. The second kappa shape index (κ2) is 5.13. The summed E-state index contributed by atoms with van der Waals surface area (Å²) in [6, 6.07) is 0. The molecule has 2 heterocycles. The summed E-state index contributed by atoms with van der Waals surface area (Å²) < 4.78 is 0. The maximum absolute atomic E-state index is 12.0. The van der Waals surface area contributed by atoms with E-state index in [4.69, 9.17) is 5.11 Å². The van der Waals surface area contributed by atoms with Crippen molar-refractivity contribution in [3.63, 3.8) is 0 Å². The van der Waals surface area contributed by atoms with Crippen LogP contribution in [-0.2, 0) is 9.59 Å². The SMILES string of the molecule is Cc1nc(/C=C/C(=O)N2CC[C@@](C)(C(=O)O)C2)cs1. The van der Waals surface area contributed by atoms with Crippen molar-refractivity contribution in [1.82, 2.24) is 9.88 Å². The Morgan fingerprint density at radius 1 is 1.58 bits per heavy atom. The minimum atomic E-state index is -0.845. The van der Waals surface area contributed by atoms with Crippen molar-refractivity contribution >= 4 is 29.3 Å². The van der Waals surface area contributed by atoms with E-state index in [-0.39, 0.29) is 12.5 Å². The number of hydrogen-bond acceptors (Lipinski definition) is 4. The standard InChI is InChI=1S/C13H16N2O3S/c1-9-14-10(7-19-9)3-4-11(16)15-6-5-13(2,8-15)12(17)18/h3-4,7H,5-6,8H2,1-2H3,(H,17,18)/b4-3+/t13-/m1/s1. The van der Waals surface area contributed by atoms with E-state index >= 15 is 0 Å². The van der Waals surface area contributed by atoms with Crippen LogP contribution in [0.3, 0.4) is 0 Å². The van der Waals surface area contributed by atoms with Gasteiger partial charge in [0.1, 0.15) is 0 Å². The van der Waals surface area contributed by atoms with Gasteiger partial charge in [-0.3, -0.25) is 9.59 Å². The average Bonchev–Trinajstić information content (AvgIpc) is 2.94. The largest absolute Gasteiger partial charge is 0.481 e. The minimum Gasteiger partial charge on any atom is -0.481 e. The van der Waals surface area contributed by atoms with Crippen molar-refractivity contribution in [3.05, 3.63) is 22.2 Å². The first-order valence-corrected chi connectivity index (χ1v) is 6.91. The molecule has 1 aromatic heterocycles. The molecule has 1 amide bonds. The molecule has 19 heavy (non-hydrogen) atoms. The third-order valence-electron chi connectivity index (χ3n) is 3.33. The number of nitrogens with zero attached hydrogens (tertiary/aromatic N) is 2. The second-order valence-corrected chi connectivity index (χ2v) is 6.06. The molecule has 0 bridgehead atoms. The molecule has 6 heteroatoms. The highest BCUT2D eigenvalue weighted by atomic mass is 32.1. The molecule has 5 nitrogen and oxygen atoms in total. The minimum absolute atomic E-state index is 0.157. The van der Waals surface area contributed by atoms with Crippen molar-refractivity contribution in [1.29, 1.82) is 0 Å². The van der Waals surface area contributed by atoms with Crippen LogP contribution in [0, 0.1) is 12.3 Å². The topological polar surface area (TPSA) is 70.5 Å². The van der Waals surface area contributed by atoms with Crippen LogP contribution in [0.4, 0.5) is 0 Å². The highest BCUT2D eigenvalue weighted by Crippen LogP contribution is 2.30. The van der Waals surface area contributed by atoms with Crippen LogP contribution in [-0.4, -0.2) is 40.0 Å². The summed E-state index contributed by atoms with van der Waals surface area (Å²) in [6.45, 7) is 4.34. The molecule has 0 spiro atoms. The fraction of sp³-hybridized carbons (Fsp3) is 0.462. The predicted octanol–water partition coefficient (Wildman–Crippen LogP) is 1.79. The van der Waals surface area contributed by atoms with E-state index in [0.717, 1.165) is 10.7 Å². The number of aryl methyl sites for hydroxylation is 1. The summed E-state index contributed by atoms with van der Waals surface area (Å²) in [5, 5.41) is 11.9. The number of carbonyl (C=O) groups excluding carboxylic acids is 1. The summed E-state index contributed by atoms with van der Waals surface area (Å²) in [5.74, 6) is -1.00. The smallest absolute Gasteiger partial charge is 0.311 e. The Hall–Kier alpha value is -1.69. The van der Waals surface area contributed by atoms with Gasteiger partial charge in [-0.15, -0.1) is 11.3 Å². The van der Waals surface area contributed by atoms with Crippen molar-refractivity contribution < 1.29 is 14.7 Å². The van der Waals surface area contributed by atoms with Gasteiger partial charge in [-0.2, -0.15) is 0 Å². The number of carbonyl (C=O) groups is 2. The van der Waals surface area contributed by atoms with Crippen molar-refractivity contribution in [2.75, 3.05) is 13.1 Å². The molecule has 1 N–H and O–H groups in total. The van der Waals surface area contributed by atoms with Gasteiger partial charge in [0.2, 0.25) is 5.91 Å². The molecule has 1 aromatic rings. The Kier molecular flexibility index (Phi) is 3.71. The Balaban J connectivity index is 1.99. The first kappa shape index (κ1) is 13.7. The lowest BCUT2D eigenvalue weighted by molar-refractivity contribution is -0.147. The summed E-state index contributed by atoms with van der Waals surface area (Å²) in [4.78, 5) is 28.9. The Morgan fingerprint density at radius 3 is 2.84 bits per heavy atom. The lowest BCUT2D eigenvalue weighted by Gasteiger charge is -2.18. The maximum Gasteiger partial charge on any atom is 0.311 e. The summed E-state index contributed by atoms with van der Waals surface area (Å²) in [7, 11) is 0. The Labute approximate surface area is 115 Å². The van der Waals surface area contributed by atoms with E-state index in [1.165, 1.54) is 17.4 Å². The van der Waals surface area contributed by atoms with Crippen molar-refractivity contribution in [2.24, 2.45) is 5.41 Å². The molecule has 0 unspecified atom stereocenters. The molecule has 1 saturated heterocycles. The fourth-order valence-electron chi connectivity index (χ4n) is 2.04. The Morgan fingerprint density at radius 2 is 2.32 bits per heavy atom. The first-order chi connectivity index (χ1) is 8.90. The van der Waals surface area contributed by atoms with Crippen LogP contribution in [0.5, 0.6) is 0 Å². The monoisotopic (exact) mass is 280 g/mol. The van der Waals surface area contributed by atoms with Gasteiger partial charge in [0.05, 0.1) is 16.1 Å². The molecule has 0 aliphatic carbocycles. The molecule has 102 valence electrons. The van der Waals surface area contributed by atoms with E-state index in [0.29, 0.717) is 13.0 Å². The number of likely N-dealkylation sites (tertiary alicyclic amines) is 1. The molecule has 1 fully saturated rings. The van der Waals surface area contributed by atoms with Gasteiger partial charge in [0.25, 0.3) is 0 Å². The molecule has 0 radical (unpaired) electrons. The normalized spacial score (nSPS) is 23.2. The molecular weight excluding hydrogens is 264 g/mol. The van der Waals surface area contributed by atoms with Gasteiger partial charge >= 0.3 is 5.97 Å². The zero-order valence-electron chi connectivity index (χ0n) is 10.9. The van der Waals surface area contributed by atoms with Crippen LogP contribution in [0.25, 0.3) is 6.08 Å². The van der Waals surface area contributed by atoms with Crippen LogP contribution in [0.1, 0.15) is 24.0 Å². The molecule has 1 aliphatic rings. The average molecular weight is 280 g/mol. The number of carboxylic acid groups (broad SMARTS) is 1. The Bertz CT molecular complexity index is 538.